The summed E-state index contributed by atoms with van der Waals surface area (Å²) in [7, 11) is 0. The van der Waals surface area contributed by atoms with Crippen molar-refractivity contribution < 1.29 is 4.74 Å². The van der Waals surface area contributed by atoms with Gasteiger partial charge in [-0.05, 0) is 23.4 Å². The molecule has 18 heavy (non-hydrogen) atoms. The van der Waals surface area contributed by atoms with Crippen LogP contribution in [0.5, 0.6) is 0 Å². The van der Waals surface area contributed by atoms with Crippen LogP contribution < -0.4 is 0 Å². The van der Waals surface area contributed by atoms with E-state index in [0.29, 0.717) is 10.7 Å². The van der Waals surface area contributed by atoms with Gasteiger partial charge in [0.2, 0.25) is 0 Å². The maximum absolute atomic E-state index is 6.25. The minimum atomic E-state index is 0.335. The van der Waals surface area contributed by atoms with Crippen LogP contribution in [0.25, 0.3) is 10.8 Å². The number of rotatable bonds is 2. The number of hydrogen-bond acceptors (Lipinski definition) is 1. The van der Waals surface area contributed by atoms with Crippen LogP contribution in [0.2, 0.25) is 5.02 Å². The molecular weight excluding hydrogens is 312 g/mol. The Kier molecular flexibility index (Phi) is 3.60. The molecule has 0 aromatic heterocycles. The minimum absolute atomic E-state index is 0.335. The molecule has 2 aromatic rings. The zero-order valence-electron chi connectivity index (χ0n) is 9.90. The highest BCUT2D eigenvalue weighted by atomic mass is 79.9. The van der Waals surface area contributed by atoms with E-state index in [1.165, 1.54) is 10.9 Å². The van der Waals surface area contributed by atoms with Gasteiger partial charge in [0, 0.05) is 27.8 Å². The second-order valence-corrected chi connectivity index (χ2v) is 6.10. The van der Waals surface area contributed by atoms with Gasteiger partial charge in [-0.1, -0.05) is 57.9 Å². The predicted octanol–water partition coefficient (Wildman–Crippen LogP) is 4.97. The third-order valence-corrected chi connectivity index (χ3v) is 5.15. The van der Waals surface area contributed by atoms with E-state index in [-0.39, 0.29) is 0 Å². The summed E-state index contributed by atoms with van der Waals surface area (Å²) in [6.07, 6.45) is 1.12. The summed E-state index contributed by atoms with van der Waals surface area (Å²) >= 11 is 10.1. The fraction of sp³-hybridized carbons (Fsp3) is 0.333. The number of benzene rings is 2. The quantitative estimate of drug-likeness (QED) is 0.709. The second-order valence-electron chi connectivity index (χ2n) is 4.71. The highest BCUT2D eigenvalue weighted by Gasteiger charge is 2.26. The monoisotopic (exact) mass is 324 g/mol. The lowest BCUT2D eigenvalue weighted by molar-refractivity contribution is 0.185. The number of fused-ring (bicyclic) bond motifs is 1. The fourth-order valence-corrected chi connectivity index (χ4v) is 3.61. The van der Waals surface area contributed by atoms with Crippen LogP contribution in [0.1, 0.15) is 16.8 Å². The molecule has 1 aliphatic rings. The average molecular weight is 326 g/mol. The molecule has 0 aliphatic carbocycles. The van der Waals surface area contributed by atoms with Crippen molar-refractivity contribution >= 4 is 38.3 Å². The maximum atomic E-state index is 6.25. The molecular formula is C15H14BrClO. The van der Waals surface area contributed by atoms with Crippen molar-refractivity contribution in [3.63, 3.8) is 0 Å². The van der Waals surface area contributed by atoms with Crippen LogP contribution in [0.3, 0.4) is 0 Å². The molecule has 0 saturated carbocycles. The smallest absolute Gasteiger partial charge is 0.0509 e. The summed E-state index contributed by atoms with van der Waals surface area (Å²) in [5.41, 5.74) is 1.31. The van der Waals surface area contributed by atoms with Crippen molar-refractivity contribution in [1.82, 2.24) is 0 Å². The highest BCUT2D eigenvalue weighted by Crippen LogP contribution is 2.40. The Hall–Kier alpha value is -0.570. The maximum Gasteiger partial charge on any atom is 0.0509 e. The van der Waals surface area contributed by atoms with Gasteiger partial charge in [-0.25, -0.2) is 0 Å². The summed E-state index contributed by atoms with van der Waals surface area (Å²) < 4.78 is 5.48. The van der Waals surface area contributed by atoms with E-state index in [1.807, 2.05) is 12.1 Å². The normalized spacial score (nSPS) is 21.3. The van der Waals surface area contributed by atoms with Gasteiger partial charge < -0.3 is 4.74 Å². The molecule has 1 aliphatic heterocycles. The Morgan fingerprint density at radius 3 is 2.67 bits per heavy atom. The molecule has 1 heterocycles. The van der Waals surface area contributed by atoms with Crippen LogP contribution in [0, 0.1) is 5.92 Å². The SMILES string of the molecule is Clc1ccc(C(Br)C2CCOC2)c2ccccc12. The Morgan fingerprint density at radius 2 is 1.94 bits per heavy atom. The average Bonchev–Trinajstić information content (AvgIpc) is 2.93. The van der Waals surface area contributed by atoms with E-state index in [9.17, 15) is 0 Å². The molecule has 0 spiro atoms. The molecule has 0 bridgehead atoms. The molecule has 0 amide bonds. The minimum Gasteiger partial charge on any atom is -0.381 e. The van der Waals surface area contributed by atoms with Gasteiger partial charge in [-0.2, -0.15) is 0 Å². The first kappa shape index (κ1) is 12.5. The first-order valence-electron chi connectivity index (χ1n) is 6.16. The Balaban J connectivity index is 2.08. The molecule has 1 nitrogen and oxygen atoms in total. The van der Waals surface area contributed by atoms with Crippen LogP contribution in [0.4, 0.5) is 0 Å². The first-order chi connectivity index (χ1) is 8.77. The molecule has 0 N–H and O–H groups in total. The van der Waals surface area contributed by atoms with Crippen LogP contribution in [-0.2, 0) is 4.74 Å². The second kappa shape index (κ2) is 5.20. The molecule has 1 saturated heterocycles. The number of hydrogen-bond donors (Lipinski definition) is 0. The topological polar surface area (TPSA) is 9.23 Å². The molecule has 2 aromatic carbocycles. The van der Waals surface area contributed by atoms with E-state index in [2.05, 4.69) is 40.2 Å². The lowest BCUT2D eigenvalue weighted by atomic mass is 9.94. The van der Waals surface area contributed by atoms with Crippen molar-refractivity contribution in [2.45, 2.75) is 11.2 Å². The van der Waals surface area contributed by atoms with Gasteiger partial charge in [-0.3, -0.25) is 0 Å². The van der Waals surface area contributed by atoms with Crippen molar-refractivity contribution in [2.75, 3.05) is 13.2 Å². The third kappa shape index (κ3) is 2.18. The van der Waals surface area contributed by atoms with Gasteiger partial charge >= 0.3 is 0 Å². The van der Waals surface area contributed by atoms with Crippen molar-refractivity contribution in [1.29, 1.82) is 0 Å². The molecule has 94 valence electrons. The fourth-order valence-electron chi connectivity index (χ4n) is 2.56. The Morgan fingerprint density at radius 1 is 1.17 bits per heavy atom. The zero-order valence-corrected chi connectivity index (χ0v) is 12.2. The number of alkyl halides is 1. The van der Waals surface area contributed by atoms with E-state index >= 15 is 0 Å². The molecule has 2 unspecified atom stereocenters. The lowest BCUT2D eigenvalue weighted by Gasteiger charge is -2.18. The zero-order chi connectivity index (χ0) is 12.5. The first-order valence-corrected chi connectivity index (χ1v) is 7.45. The van der Waals surface area contributed by atoms with Gasteiger partial charge in [0.1, 0.15) is 0 Å². The van der Waals surface area contributed by atoms with E-state index in [4.69, 9.17) is 16.3 Å². The summed E-state index contributed by atoms with van der Waals surface area (Å²) in [6.45, 7) is 1.71. The van der Waals surface area contributed by atoms with Crippen LogP contribution >= 0.6 is 27.5 Å². The molecule has 0 radical (unpaired) electrons. The highest BCUT2D eigenvalue weighted by molar-refractivity contribution is 9.09. The van der Waals surface area contributed by atoms with Crippen molar-refractivity contribution in [3.8, 4) is 0 Å². The van der Waals surface area contributed by atoms with Crippen LogP contribution in [0.15, 0.2) is 36.4 Å². The Labute approximate surface area is 120 Å². The van der Waals surface area contributed by atoms with E-state index < -0.39 is 0 Å². The predicted molar refractivity (Wildman–Crippen MR) is 79.6 cm³/mol. The molecule has 2 atom stereocenters. The number of halogens is 2. The summed E-state index contributed by atoms with van der Waals surface area (Å²) in [6, 6.07) is 12.4. The molecule has 3 rings (SSSR count). The summed E-state index contributed by atoms with van der Waals surface area (Å²) in [5, 5.41) is 3.18. The van der Waals surface area contributed by atoms with Crippen molar-refractivity contribution in [3.05, 3.63) is 47.0 Å². The van der Waals surface area contributed by atoms with Gasteiger partial charge in [-0.15, -0.1) is 0 Å². The summed E-state index contributed by atoms with van der Waals surface area (Å²) in [5.74, 6) is 0.551. The van der Waals surface area contributed by atoms with Gasteiger partial charge in [0.25, 0.3) is 0 Å². The van der Waals surface area contributed by atoms with Crippen LogP contribution in [-0.4, -0.2) is 13.2 Å². The third-order valence-electron chi connectivity index (χ3n) is 3.58. The molecule has 3 heteroatoms. The standard InChI is InChI=1S/C15H14BrClO/c16-15(10-7-8-18-9-10)13-5-6-14(17)12-4-2-1-3-11(12)13/h1-6,10,15H,7-9H2. The van der Waals surface area contributed by atoms with Crippen molar-refractivity contribution in [2.24, 2.45) is 5.92 Å². The lowest BCUT2D eigenvalue weighted by Crippen LogP contribution is -2.07. The van der Waals surface area contributed by atoms with Gasteiger partial charge in [0.15, 0.2) is 0 Å². The summed E-state index contributed by atoms with van der Waals surface area (Å²) in [4.78, 5) is 0.335. The van der Waals surface area contributed by atoms with E-state index in [0.717, 1.165) is 30.0 Å². The van der Waals surface area contributed by atoms with E-state index in [1.54, 1.807) is 0 Å². The largest absolute Gasteiger partial charge is 0.381 e. The Bertz CT molecular complexity index is 563. The molecule has 1 fully saturated rings. The number of ether oxygens (including phenoxy) is 1. The van der Waals surface area contributed by atoms with Gasteiger partial charge in [0.05, 0.1) is 6.61 Å².